The molecule has 1 aromatic heterocycles. The first kappa shape index (κ1) is 26.8. The second-order valence-corrected chi connectivity index (χ2v) is 10.7. The lowest BCUT2D eigenvalue weighted by atomic mass is 9.79. The number of hydrogen-bond donors (Lipinski definition) is 2. The van der Waals surface area contributed by atoms with Crippen molar-refractivity contribution in [1.82, 2.24) is 14.8 Å². The molecule has 1 aliphatic carbocycles. The minimum Gasteiger partial charge on any atom is -0.370 e. The summed E-state index contributed by atoms with van der Waals surface area (Å²) in [4.78, 5) is 21.6. The number of aromatic nitrogens is 1. The molecule has 2 saturated heterocycles. The van der Waals surface area contributed by atoms with Crippen LogP contribution >= 0.6 is 0 Å². The van der Waals surface area contributed by atoms with Gasteiger partial charge >= 0.3 is 6.18 Å². The number of nitriles is 1. The molecule has 0 radical (unpaired) electrons. The fraction of sp³-hybridized carbons (Fsp3) is 0.519. The van der Waals surface area contributed by atoms with Gasteiger partial charge < -0.3 is 14.7 Å². The maximum absolute atomic E-state index is 15.1. The minimum absolute atomic E-state index is 0.0105. The molecule has 8 nitrogen and oxygen atoms in total. The van der Waals surface area contributed by atoms with Crippen LogP contribution in [0, 0.1) is 39.8 Å². The Balaban J connectivity index is 1.34. The van der Waals surface area contributed by atoms with E-state index in [9.17, 15) is 23.2 Å². The number of piperazine rings is 1. The van der Waals surface area contributed by atoms with E-state index in [0.717, 1.165) is 24.8 Å². The van der Waals surface area contributed by atoms with Gasteiger partial charge in [0.1, 0.15) is 23.2 Å². The number of fused-ring (bicyclic) bond motifs is 1. The maximum atomic E-state index is 15.1. The normalized spacial score (nSPS) is 22.6. The summed E-state index contributed by atoms with van der Waals surface area (Å²) in [7, 11) is 0. The van der Waals surface area contributed by atoms with Crippen molar-refractivity contribution in [1.29, 1.82) is 16.1 Å². The highest BCUT2D eigenvalue weighted by atomic mass is 19.4. The number of carbonyl (C=O) groups is 1. The number of nitrogens with zero attached hydrogens (tertiary/aromatic N) is 5. The van der Waals surface area contributed by atoms with Gasteiger partial charge in [0, 0.05) is 43.7 Å². The van der Waals surface area contributed by atoms with E-state index in [4.69, 9.17) is 10.8 Å². The van der Waals surface area contributed by atoms with E-state index < -0.39 is 29.6 Å². The number of benzene rings is 1. The van der Waals surface area contributed by atoms with E-state index >= 15 is 4.39 Å². The number of alkyl halides is 3. The van der Waals surface area contributed by atoms with E-state index in [2.05, 4.69) is 11.1 Å². The Morgan fingerprint density at radius 1 is 1.18 bits per heavy atom. The van der Waals surface area contributed by atoms with Crippen molar-refractivity contribution in [2.75, 3.05) is 37.6 Å². The predicted molar refractivity (Wildman–Crippen MR) is 137 cm³/mol. The summed E-state index contributed by atoms with van der Waals surface area (Å²) in [5, 5.41) is 25.8. The van der Waals surface area contributed by atoms with Crippen molar-refractivity contribution >= 4 is 34.2 Å². The van der Waals surface area contributed by atoms with Crippen molar-refractivity contribution in [2.24, 2.45) is 11.8 Å². The van der Waals surface area contributed by atoms with Gasteiger partial charge in [-0.15, -0.1) is 0 Å². The number of rotatable bonds is 3. The number of piperidine rings is 1. The molecule has 2 atom stereocenters. The van der Waals surface area contributed by atoms with Gasteiger partial charge in [0.2, 0.25) is 11.7 Å². The van der Waals surface area contributed by atoms with Gasteiger partial charge in [-0.25, -0.2) is 4.39 Å². The standard InChI is InChI=1S/C27H29F4N7O/c1-15-13-36(6-5-19(15)25(39)37-7-8-38(22(33)14-37)26(34)27(29,30)31)24-18(11-32)12-35-23-20(24)9-17(10-21(23)28)16-3-2-4-16/h9-10,12,15-16,19,33-34H,2-8,13-14H2,1H3. The number of hydrogen-bond acceptors (Lipinski definition) is 6. The highest BCUT2D eigenvalue weighted by Gasteiger charge is 2.43. The van der Waals surface area contributed by atoms with E-state index in [1.54, 1.807) is 0 Å². The fourth-order valence-corrected chi connectivity index (χ4v) is 5.91. The Morgan fingerprint density at radius 2 is 1.92 bits per heavy atom. The van der Waals surface area contributed by atoms with Crippen molar-refractivity contribution in [3.63, 3.8) is 0 Å². The zero-order chi connectivity index (χ0) is 28.1. The molecule has 1 amide bonds. The molecule has 39 heavy (non-hydrogen) atoms. The Labute approximate surface area is 223 Å². The van der Waals surface area contributed by atoms with Crippen molar-refractivity contribution < 1.29 is 22.4 Å². The highest BCUT2D eigenvalue weighted by molar-refractivity contribution is 6.03. The number of anilines is 1. The van der Waals surface area contributed by atoms with Crippen LogP contribution in [0.5, 0.6) is 0 Å². The summed E-state index contributed by atoms with van der Waals surface area (Å²) in [6, 6.07) is 5.66. The third-order valence-corrected chi connectivity index (χ3v) is 8.26. The van der Waals surface area contributed by atoms with Crippen LogP contribution in [-0.2, 0) is 4.79 Å². The molecule has 1 saturated carbocycles. The molecule has 1 aromatic carbocycles. The molecule has 2 aromatic rings. The summed E-state index contributed by atoms with van der Waals surface area (Å²) >= 11 is 0. The Hall–Kier alpha value is -3.75. The largest absolute Gasteiger partial charge is 0.449 e. The van der Waals surface area contributed by atoms with Crippen molar-refractivity contribution in [3.8, 4) is 6.07 Å². The van der Waals surface area contributed by atoms with E-state index in [1.807, 2.05) is 17.9 Å². The summed E-state index contributed by atoms with van der Waals surface area (Å²) in [6.45, 7) is 2.20. The van der Waals surface area contributed by atoms with Crippen LogP contribution < -0.4 is 4.90 Å². The summed E-state index contributed by atoms with van der Waals surface area (Å²) in [5.74, 6) is -2.97. The zero-order valence-electron chi connectivity index (χ0n) is 21.5. The second kappa shape index (κ2) is 10.1. The number of halogens is 4. The third-order valence-electron chi connectivity index (χ3n) is 8.26. The van der Waals surface area contributed by atoms with Crippen LogP contribution in [0.2, 0.25) is 0 Å². The number of pyridine rings is 1. The first-order chi connectivity index (χ1) is 18.5. The van der Waals surface area contributed by atoms with E-state index in [-0.39, 0.29) is 37.0 Å². The second-order valence-electron chi connectivity index (χ2n) is 10.7. The molecule has 206 valence electrons. The minimum atomic E-state index is -4.86. The van der Waals surface area contributed by atoms with Gasteiger partial charge in [-0.1, -0.05) is 13.3 Å². The zero-order valence-corrected chi connectivity index (χ0v) is 21.5. The monoisotopic (exact) mass is 543 g/mol. The number of amides is 1. The number of carbonyl (C=O) groups excluding carboxylic acids is 1. The lowest BCUT2D eigenvalue weighted by Crippen LogP contribution is -2.58. The Bertz CT molecular complexity index is 1380. The fourth-order valence-electron chi connectivity index (χ4n) is 5.91. The summed E-state index contributed by atoms with van der Waals surface area (Å²) < 4.78 is 53.9. The van der Waals surface area contributed by atoms with Crippen LogP contribution in [0.15, 0.2) is 18.3 Å². The maximum Gasteiger partial charge on any atom is 0.449 e. The molecule has 2 N–H and O–H groups in total. The lowest BCUT2D eigenvalue weighted by molar-refractivity contribution is -0.137. The van der Waals surface area contributed by atoms with Crippen molar-refractivity contribution in [2.45, 2.75) is 44.7 Å². The van der Waals surface area contributed by atoms with Crippen LogP contribution in [0.3, 0.4) is 0 Å². The van der Waals surface area contributed by atoms with E-state index in [0.29, 0.717) is 47.0 Å². The van der Waals surface area contributed by atoms with Gasteiger partial charge in [-0.05, 0) is 48.8 Å². The van der Waals surface area contributed by atoms with Gasteiger partial charge in [0.25, 0.3) is 0 Å². The molecule has 12 heteroatoms. The molecular formula is C27H29F4N7O. The quantitative estimate of drug-likeness (QED) is 0.333. The molecule has 3 aliphatic rings. The van der Waals surface area contributed by atoms with Gasteiger partial charge in [-0.3, -0.25) is 20.6 Å². The number of amidine groups is 2. The average Bonchev–Trinajstić information content (AvgIpc) is 2.85. The molecule has 5 rings (SSSR count). The third kappa shape index (κ3) is 4.90. The molecule has 2 aliphatic heterocycles. The molecule has 3 fully saturated rings. The predicted octanol–water partition coefficient (Wildman–Crippen LogP) is 4.64. The highest BCUT2D eigenvalue weighted by Crippen LogP contribution is 2.41. The van der Waals surface area contributed by atoms with Gasteiger partial charge in [0.15, 0.2) is 0 Å². The van der Waals surface area contributed by atoms with Gasteiger partial charge in [0.05, 0.1) is 17.8 Å². The average molecular weight is 544 g/mol. The SMILES string of the molecule is CC1CN(c2c(C#N)cnc3c(F)cc(C4CCC4)cc23)CCC1C(=O)N1CCN(C(=N)C(F)(F)F)C(=N)C1. The molecule has 3 heterocycles. The van der Waals surface area contributed by atoms with E-state index in [1.165, 1.54) is 17.2 Å². The first-order valence-electron chi connectivity index (χ1n) is 13.1. The summed E-state index contributed by atoms with van der Waals surface area (Å²) in [5.41, 5.74) is 2.06. The van der Waals surface area contributed by atoms with Crippen LogP contribution in [-0.4, -0.2) is 71.3 Å². The van der Waals surface area contributed by atoms with Crippen LogP contribution in [0.1, 0.15) is 49.7 Å². The molecule has 0 spiro atoms. The Kier molecular flexibility index (Phi) is 6.95. The van der Waals surface area contributed by atoms with Crippen molar-refractivity contribution in [3.05, 3.63) is 35.3 Å². The molecule has 0 bridgehead atoms. The molecule has 2 unspecified atom stereocenters. The summed E-state index contributed by atoms with van der Waals surface area (Å²) in [6.07, 6.45) is 0.0616. The van der Waals surface area contributed by atoms with Gasteiger partial charge in [-0.2, -0.15) is 18.4 Å². The Morgan fingerprint density at radius 3 is 2.51 bits per heavy atom. The molecular weight excluding hydrogens is 514 g/mol. The van der Waals surface area contributed by atoms with Crippen LogP contribution in [0.4, 0.5) is 23.2 Å². The first-order valence-corrected chi connectivity index (χ1v) is 13.1. The topological polar surface area (TPSA) is 111 Å². The number of nitrogens with one attached hydrogen (secondary N) is 2. The lowest BCUT2D eigenvalue weighted by Gasteiger charge is -2.42. The van der Waals surface area contributed by atoms with Crippen LogP contribution in [0.25, 0.3) is 10.9 Å². The smallest absolute Gasteiger partial charge is 0.370 e.